The van der Waals surface area contributed by atoms with Crippen LogP contribution in [0.3, 0.4) is 0 Å². The first-order valence-corrected chi connectivity index (χ1v) is 4.74. The van der Waals surface area contributed by atoms with Crippen molar-refractivity contribution in [1.82, 2.24) is 0 Å². The molecule has 0 aromatic heterocycles. The van der Waals surface area contributed by atoms with Gasteiger partial charge in [0.1, 0.15) is 5.82 Å². The molecule has 70 valence electrons. The predicted octanol–water partition coefficient (Wildman–Crippen LogP) is 2.87. The van der Waals surface area contributed by atoms with Crippen LogP contribution in [0.2, 0.25) is 5.02 Å². The van der Waals surface area contributed by atoms with Gasteiger partial charge >= 0.3 is 5.97 Å². The minimum absolute atomic E-state index is 0.0826. The van der Waals surface area contributed by atoms with Crippen molar-refractivity contribution in [1.29, 1.82) is 0 Å². The first-order valence-electron chi connectivity index (χ1n) is 3.29. The summed E-state index contributed by atoms with van der Waals surface area (Å²) in [6.45, 7) is 0. The molecule has 0 atom stereocenters. The van der Waals surface area contributed by atoms with Gasteiger partial charge in [-0.15, -0.1) is 0 Å². The topological polar surface area (TPSA) is 26.3 Å². The van der Waals surface area contributed by atoms with E-state index in [0.29, 0.717) is 3.57 Å². The zero-order valence-electron chi connectivity index (χ0n) is 6.61. The third kappa shape index (κ3) is 2.31. The van der Waals surface area contributed by atoms with E-state index in [4.69, 9.17) is 11.6 Å². The molecule has 1 rings (SSSR count). The minimum atomic E-state index is -0.543. The predicted molar refractivity (Wildman–Crippen MR) is 55.5 cm³/mol. The largest absolute Gasteiger partial charge is 0.465 e. The molecule has 0 unspecified atom stereocenters. The van der Waals surface area contributed by atoms with E-state index in [1.165, 1.54) is 19.2 Å². The number of halogens is 3. The molecule has 1 aromatic carbocycles. The van der Waals surface area contributed by atoms with Crippen LogP contribution in [-0.2, 0) is 4.74 Å². The van der Waals surface area contributed by atoms with Crippen molar-refractivity contribution in [3.63, 3.8) is 0 Å². The Bertz CT molecular complexity index is 354. The molecule has 0 aliphatic carbocycles. The maximum Gasteiger partial charge on any atom is 0.338 e. The molecule has 1 aromatic rings. The fraction of sp³-hybridized carbons (Fsp3) is 0.125. The highest BCUT2D eigenvalue weighted by atomic mass is 127. The Labute approximate surface area is 93.2 Å². The summed E-state index contributed by atoms with van der Waals surface area (Å²) in [5.74, 6) is -1.06. The molecule has 0 spiro atoms. The first-order chi connectivity index (χ1) is 6.06. The standard InChI is InChI=1S/C8H5ClFIO2/c1-13-8(12)4-2-5(9)6(10)3-7(4)11/h2-3H,1H3. The average Bonchev–Trinajstić information content (AvgIpc) is 2.10. The normalized spacial score (nSPS) is 9.85. The quantitative estimate of drug-likeness (QED) is 0.453. The van der Waals surface area contributed by atoms with Gasteiger partial charge in [-0.3, -0.25) is 0 Å². The smallest absolute Gasteiger partial charge is 0.338 e. The fourth-order valence-electron chi connectivity index (χ4n) is 0.789. The Kier molecular flexibility index (Phi) is 3.49. The summed E-state index contributed by atoms with van der Waals surface area (Å²) in [6, 6.07) is 2.44. The van der Waals surface area contributed by atoms with Crippen LogP contribution in [0.25, 0.3) is 0 Å². The van der Waals surface area contributed by atoms with Crippen LogP contribution in [0.15, 0.2) is 12.1 Å². The zero-order chi connectivity index (χ0) is 10.0. The first kappa shape index (κ1) is 10.7. The van der Waals surface area contributed by atoms with E-state index in [1.54, 1.807) is 0 Å². The number of methoxy groups -OCH3 is 1. The highest BCUT2D eigenvalue weighted by Gasteiger charge is 2.13. The van der Waals surface area contributed by atoms with Crippen LogP contribution in [0, 0.1) is 9.39 Å². The lowest BCUT2D eigenvalue weighted by molar-refractivity contribution is 0.0599. The van der Waals surface area contributed by atoms with Gasteiger partial charge in [-0.2, -0.15) is 0 Å². The Morgan fingerprint density at radius 2 is 2.23 bits per heavy atom. The summed E-state index contributed by atoms with van der Waals surface area (Å²) in [7, 11) is 1.26. The van der Waals surface area contributed by atoms with Gasteiger partial charge in [0, 0.05) is 3.57 Å². The van der Waals surface area contributed by atoms with Crippen LogP contribution in [0.1, 0.15) is 10.4 Å². The molecule has 0 radical (unpaired) electrons. The number of rotatable bonds is 1. The third-order valence-corrected chi connectivity index (χ3v) is 2.60. The Morgan fingerprint density at radius 1 is 1.62 bits per heavy atom. The van der Waals surface area contributed by atoms with Gasteiger partial charge in [0.25, 0.3) is 0 Å². The molecular weight excluding hydrogens is 309 g/mol. The SMILES string of the molecule is COC(=O)c1cc(Cl)c(F)cc1I. The summed E-state index contributed by atoms with van der Waals surface area (Å²) >= 11 is 7.34. The molecule has 0 N–H and O–H groups in total. The number of ether oxygens (including phenoxy) is 1. The van der Waals surface area contributed by atoms with Crippen molar-refractivity contribution in [3.8, 4) is 0 Å². The van der Waals surface area contributed by atoms with Gasteiger partial charge in [0.05, 0.1) is 17.7 Å². The Balaban J connectivity index is 3.23. The Hall–Kier alpha value is -0.360. The van der Waals surface area contributed by atoms with Gasteiger partial charge in [0.2, 0.25) is 0 Å². The van der Waals surface area contributed by atoms with Crippen molar-refractivity contribution in [3.05, 3.63) is 32.1 Å². The number of benzene rings is 1. The molecule has 0 heterocycles. The molecule has 0 bridgehead atoms. The number of esters is 1. The van der Waals surface area contributed by atoms with Crippen molar-refractivity contribution < 1.29 is 13.9 Å². The van der Waals surface area contributed by atoms with Crippen molar-refractivity contribution in [2.75, 3.05) is 7.11 Å². The number of hydrogen-bond acceptors (Lipinski definition) is 2. The molecule has 0 amide bonds. The lowest BCUT2D eigenvalue weighted by atomic mass is 10.2. The number of carbonyl (C=O) groups is 1. The second-order valence-electron chi connectivity index (χ2n) is 2.24. The van der Waals surface area contributed by atoms with E-state index >= 15 is 0 Å². The summed E-state index contributed by atoms with van der Waals surface area (Å²) in [6.07, 6.45) is 0. The lowest BCUT2D eigenvalue weighted by Gasteiger charge is -2.03. The van der Waals surface area contributed by atoms with Crippen molar-refractivity contribution in [2.24, 2.45) is 0 Å². The molecule has 0 aliphatic heterocycles. The van der Waals surface area contributed by atoms with E-state index in [0.717, 1.165) is 0 Å². The molecule has 2 nitrogen and oxygen atoms in total. The second kappa shape index (κ2) is 4.23. The molecule has 0 fully saturated rings. The van der Waals surface area contributed by atoms with Crippen LogP contribution in [-0.4, -0.2) is 13.1 Å². The van der Waals surface area contributed by atoms with E-state index in [-0.39, 0.29) is 10.6 Å². The van der Waals surface area contributed by atoms with Gasteiger partial charge in [0.15, 0.2) is 0 Å². The summed E-state index contributed by atoms with van der Waals surface area (Å²) in [4.78, 5) is 11.1. The molecule has 5 heteroatoms. The monoisotopic (exact) mass is 314 g/mol. The van der Waals surface area contributed by atoms with Crippen LogP contribution in [0.4, 0.5) is 4.39 Å². The fourth-order valence-corrected chi connectivity index (χ4v) is 1.60. The van der Waals surface area contributed by atoms with Gasteiger partial charge in [-0.1, -0.05) is 11.6 Å². The van der Waals surface area contributed by atoms with Crippen molar-refractivity contribution >= 4 is 40.2 Å². The maximum atomic E-state index is 12.8. The number of carbonyl (C=O) groups excluding carboxylic acids is 1. The van der Waals surface area contributed by atoms with E-state index in [2.05, 4.69) is 4.74 Å². The van der Waals surface area contributed by atoms with Gasteiger partial charge in [-0.05, 0) is 34.7 Å². The van der Waals surface area contributed by atoms with Crippen molar-refractivity contribution in [2.45, 2.75) is 0 Å². The zero-order valence-corrected chi connectivity index (χ0v) is 9.52. The molecule has 0 aliphatic rings. The Morgan fingerprint density at radius 3 is 2.77 bits per heavy atom. The number of hydrogen-bond donors (Lipinski definition) is 0. The maximum absolute atomic E-state index is 12.8. The second-order valence-corrected chi connectivity index (χ2v) is 3.81. The summed E-state index contributed by atoms with van der Waals surface area (Å²) < 4.78 is 17.8. The highest BCUT2D eigenvalue weighted by molar-refractivity contribution is 14.1. The lowest BCUT2D eigenvalue weighted by Crippen LogP contribution is -2.04. The molecule has 0 saturated heterocycles. The van der Waals surface area contributed by atoms with Gasteiger partial charge in [-0.25, -0.2) is 9.18 Å². The molecular formula is C8H5ClFIO2. The van der Waals surface area contributed by atoms with Gasteiger partial charge < -0.3 is 4.74 Å². The molecule has 13 heavy (non-hydrogen) atoms. The third-order valence-electron chi connectivity index (χ3n) is 1.42. The van der Waals surface area contributed by atoms with E-state index in [1.807, 2.05) is 22.6 Å². The summed E-state index contributed by atoms with van der Waals surface area (Å²) in [5, 5.41) is -0.0826. The van der Waals surface area contributed by atoms with Crippen LogP contribution >= 0.6 is 34.2 Å². The minimum Gasteiger partial charge on any atom is -0.465 e. The highest BCUT2D eigenvalue weighted by Crippen LogP contribution is 2.22. The van der Waals surface area contributed by atoms with E-state index in [9.17, 15) is 9.18 Å². The summed E-state index contributed by atoms with van der Waals surface area (Å²) in [5.41, 5.74) is 0.273. The van der Waals surface area contributed by atoms with Crippen LogP contribution < -0.4 is 0 Å². The molecule has 0 saturated carbocycles. The van der Waals surface area contributed by atoms with Crippen LogP contribution in [0.5, 0.6) is 0 Å². The van der Waals surface area contributed by atoms with E-state index < -0.39 is 11.8 Å². The average molecular weight is 314 g/mol.